The quantitative estimate of drug-likeness (QED) is 0.0284. The summed E-state index contributed by atoms with van der Waals surface area (Å²) in [6.45, 7) is 5.60. The number of hydrogen-bond donors (Lipinski definition) is 5. The molecule has 2 aromatic rings. The predicted octanol–water partition coefficient (Wildman–Crippen LogP) is 9.27. The van der Waals surface area contributed by atoms with Gasteiger partial charge in [-0.15, -0.1) is 0 Å². The summed E-state index contributed by atoms with van der Waals surface area (Å²) >= 11 is 4.56. The van der Waals surface area contributed by atoms with E-state index in [0.29, 0.717) is 43.4 Å². The van der Waals surface area contributed by atoms with Crippen LogP contribution in [0.5, 0.6) is 0 Å². The minimum Gasteiger partial charge on any atom is -0.481 e. The normalized spacial score (nSPS) is 20.6. The molecule has 21 heteroatoms. The van der Waals surface area contributed by atoms with Crippen molar-refractivity contribution in [3.05, 3.63) is 108 Å². The second-order valence-corrected chi connectivity index (χ2v) is 25.0. The molecule has 15 nitrogen and oxygen atoms in total. The first-order valence-corrected chi connectivity index (χ1v) is 28.9. The van der Waals surface area contributed by atoms with Crippen LogP contribution in [0.4, 0.5) is 5.69 Å². The molecule has 2 aromatic carbocycles. The highest BCUT2D eigenvalue weighted by molar-refractivity contribution is 14.1. The zero-order chi connectivity index (χ0) is 47.9. The first kappa shape index (κ1) is 54.1. The molecule has 64 heavy (non-hydrogen) atoms. The monoisotopic (exact) mass is 1190 g/mol. The molecule has 0 fully saturated rings. The Morgan fingerprint density at radius 1 is 0.766 bits per heavy atom. The van der Waals surface area contributed by atoms with Crippen molar-refractivity contribution in [2.24, 2.45) is 0 Å². The predicted molar refractivity (Wildman–Crippen MR) is 265 cm³/mol. The lowest BCUT2D eigenvalue weighted by molar-refractivity contribution is -0.137. The zero-order valence-corrected chi connectivity index (χ0v) is 43.2. The van der Waals surface area contributed by atoms with Crippen LogP contribution in [-0.2, 0) is 56.1 Å². The molecule has 0 amide bonds. The van der Waals surface area contributed by atoms with Crippen molar-refractivity contribution in [2.75, 3.05) is 16.4 Å². The third-order valence-electron chi connectivity index (χ3n) is 11.7. The minimum absolute atomic E-state index is 0.0140. The van der Waals surface area contributed by atoms with Crippen LogP contribution in [0.2, 0.25) is 0 Å². The molecule has 3 atom stereocenters. The Morgan fingerprint density at radius 2 is 1.38 bits per heavy atom. The van der Waals surface area contributed by atoms with Gasteiger partial charge in [0, 0.05) is 35.8 Å². The van der Waals surface area contributed by atoms with Gasteiger partial charge in [-0.05, 0) is 161 Å². The molecule has 1 aliphatic carbocycles. The van der Waals surface area contributed by atoms with Crippen LogP contribution in [0.3, 0.4) is 0 Å². The Labute approximate surface area is 404 Å². The van der Waals surface area contributed by atoms with E-state index in [4.69, 9.17) is 0 Å². The van der Waals surface area contributed by atoms with E-state index in [2.05, 4.69) is 64.2 Å². The van der Waals surface area contributed by atoms with Gasteiger partial charge in [0.1, 0.15) is 0 Å². The van der Waals surface area contributed by atoms with Crippen molar-refractivity contribution in [3.63, 3.8) is 0 Å². The van der Waals surface area contributed by atoms with Crippen LogP contribution >= 0.6 is 45.2 Å². The number of rotatable bonds is 24. The molecule has 3 unspecified atom stereocenters. The van der Waals surface area contributed by atoms with E-state index in [1.807, 2.05) is 12.2 Å². The van der Waals surface area contributed by atoms with Crippen LogP contribution in [0.25, 0.3) is 5.57 Å². The first-order valence-electron chi connectivity index (χ1n) is 20.6. The number of carboxylic acid groups (broad SMARTS) is 1. The smallest absolute Gasteiger partial charge is 0.303 e. The number of benzene rings is 2. The number of allylic oxidation sites excluding steroid dienone is 10. The maximum Gasteiger partial charge on any atom is 0.303 e. The van der Waals surface area contributed by atoms with Gasteiger partial charge < -0.3 is 10.0 Å². The Kier molecular flexibility index (Phi) is 18.7. The number of carboxylic acids is 1. The number of hydrogen-bond acceptors (Lipinski definition) is 10. The molecule has 4 rings (SSSR count). The lowest BCUT2D eigenvalue weighted by atomic mass is 9.74. The van der Waals surface area contributed by atoms with Crippen molar-refractivity contribution in [1.82, 2.24) is 0 Å². The fourth-order valence-corrected chi connectivity index (χ4v) is 13.8. The fourth-order valence-electron chi connectivity index (χ4n) is 8.77. The van der Waals surface area contributed by atoms with Crippen molar-refractivity contribution < 1.29 is 61.8 Å². The molecule has 2 aliphatic rings. The van der Waals surface area contributed by atoms with Crippen LogP contribution in [0.15, 0.2) is 89.0 Å². The minimum atomic E-state index is -4.75. The van der Waals surface area contributed by atoms with Crippen LogP contribution in [0, 0.1) is 7.14 Å². The molecule has 0 radical (unpaired) electrons. The third-order valence-corrected chi connectivity index (χ3v) is 16.7. The van der Waals surface area contributed by atoms with E-state index in [1.165, 1.54) is 17.0 Å². The van der Waals surface area contributed by atoms with Crippen molar-refractivity contribution in [1.29, 1.82) is 0 Å². The second kappa shape index (κ2) is 22.1. The van der Waals surface area contributed by atoms with Gasteiger partial charge >= 0.3 is 5.97 Å². The summed E-state index contributed by atoms with van der Waals surface area (Å²) in [5, 5.41) is 7.69. The molecule has 0 saturated heterocycles. The van der Waals surface area contributed by atoms with E-state index in [-0.39, 0.29) is 44.2 Å². The average molecular weight is 1190 g/mol. The molecule has 0 aromatic heterocycles. The first-order chi connectivity index (χ1) is 29.6. The lowest BCUT2D eigenvalue weighted by Gasteiger charge is -2.34. The summed E-state index contributed by atoms with van der Waals surface area (Å²) in [5.41, 5.74) is 3.26. The molecular formula is C43H55I2NO14S4. The van der Waals surface area contributed by atoms with Gasteiger partial charge in [0.15, 0.2) is 5.37 Å². The highest BCUT2D eigenvalue weighted by atomic mass is 127. The molecule has 5 N–H and O–H groups in total. The lowest BCUT2D eigenvalue weighted by Crippen LogP contribution is -2.41. The summed E-state index contributed by atoms with van der Waals surface area (Å²) in [5.74, 6) is -1.80. The molecule has 354 valence electrons. The Hall–Kier alpha value is -2.49. The van der Waals surface area contributed by atoms with Crippen molar-refractivity contribution in [3.8, 4) is 0 Å². The second-order valence-electron chi connectivity index (χ2n) is 16.4. The maximum atomic E-state index is 13.0. The molecule has 0 bridgehead atoms. The highest BCUT2D eigenvalue weighted by Crippen LogP contribution is 2.54. The summed E-state index contributed by atoms with van der Waals surface area (Å²) in [6, 6.07) is 7.87. The van der Waals surface area contributed by atoms with E-state index in [1.54, 1.807) is 44.2 Å². The molecule has 1 heterocycles. The summed E-state index contributed by atoms with van der Waals surface area (Å²) < 4.78 is 138. The van der Waals surface area contributed by atoms with Gasteiger partial charge in [-0.3, -0.25) is 23.0 Å². The largest absolute Gasteiger partial charge is 0.481 e. The Balaban J connectivity index is 1.79. The van der Waals surface area contributed by atoms with Crippen LogP contribution < -0.4 is 4.90 Å². The number of carbonyl (C=O) groups is 1. The molecular weight excluding hydrogens is 1140 g/mol. The van der Waals surface area contributed by atoms with Gasteiger partial charge in [0.2, 0.25) is 0 Å². The molecule has 1 aliphatic heterocycles. The summed E-state index contributed by atoms with van der Waals surface area (Å²) in [7, 11) is -18.0. The topological polar surface area (TPSA) is 258 Å². The van der Waals surface area contributed by atoms with Crippen molar-refractivity contribution in [2.45, 2.75) is 119 Å². The van der Waals surface area contributed by atoms with Gasteiger partial charge in [0.05, 0.1) is 16.4 Å². The van der Waals surface area contributed by atoms with Gasteiger partial charge in [-0.1, -0.05) is 76.0 Å². The number of anilines is 1. The van der Waals surface area contributed by atoms with Crippen LogP contribution in [0.1, 0.15) is 115 Å². The van der Waals surface area contributed by atoms with Gasteiger partial charge in [-0.2, -0.15) is 33.7 Å². The van der Waals surface area contributed by atoms with Gasteiger partial charge in [0.25, 0.3) is 40.5 Å². The summed E-state index contributed by atoms with van der Waals surface area (Å²) in [4.78, 5) is 12.2. The van der Waals surface area contributed by atoms with E-state index in [0.717, 1.165) is 41.9 Å². The van der Waals surface area contributed by atoms with Gasteiger partial charge in [-0.25, -0.2) is 0 Å². The standard InChI is InChI=1S/C43H55I2NO14S4/c1-4-16-39(64(58,59)60)46-37-22-21-31(63(55,56)57)29-35(37)42(2,23-13-14-25-61(49,50)51)38(46)19-10-7-5-6-9-18-34-32(17-15-26-62(52,53)54)33-27-30(44)28-36(45)41(33)43(34,3)24-12-8-11-20-40(47)48/h5-7,9-10,18-19,21-22,27-29,39H,4,8,11-17,20,23-26H2,1-3H3,(H,47,48)(H,49,50,51)(H,52,53,54)(H,55,56,57)(H,58,59,60)/b6-5+,10-7+,18-9+,38-19-. The SMILES string of the molecule is CCCC(N1\C(=C/C=C/C=C/C=C/C2=C(CCCS(=O)(=O)O)c3cc(I)cc(I)c3C2(C)CCCCCC(=O)O)C(C)(CCCCS(=O)(=O)O)c2cc(S(=O)(=O)O)ccc21)S(=O)(=O)O. The number of nitrogens with zero attached hydrogens (tertiary/aromatic N) is 1. The van der Waals surface area contributed by atoms with E-state index in [9.17, 15) is 61.8 Å². The number of unbranched alkanes of at least 4 members (excludes halogenated alkanes) is 3. The summed E-state index contributed by atoms with van der Waals surface area (Å²) in [6.07, 6.45) is 16.3. The number of halogens is 2. The third kappa shape index (κ3) is 14.0. The zero-order valence-electron chi connectivity index (χ0n) is 35.7. The van der Waals surface area contributed by atoms with Crippen LogP contribution in [-0.4, -0.2) is 79.8 Å². The Morgan fingerprint density at radius 3 is 1.98 bits per heavy atom. The Bertz CT molecular complexity index is 2690. The molecule has 0 saturated carbocycles. The average Bonchev–Trinajstić information content (AvgIpc) is 3.53. The van der Waals surface area contributed by atoms with E-state index >= 15 is 0 Å². The van der Waals surface area contributed by atoms with E-state index < -0.39 is 79.0 Å². The van der Waals surface area contributed by atoms with Crippen molar-refractivity contribution >= 4 is 103 Å². The highest BCUT2D eigenvalue weighted by Gasteiger charge is 2.48. The molecule has 0 spiro atoms. The fraction of sp³-hybridized carbons (Fsp3) is 0.465. The number of aliphatic carboxylic acids is 1. The maximum absolute atomic E-state index is 13.0. The number of fused-ring (bicyclic) bond motifs is 2.